The third kappa shape index (κ3) is 3.32. The molecule has 3 atom stereocenters. The first-order chi connectivity index (χ1) is 9.36. The highest BCUT2D eigenvalue weighted by Crippen LogP contribution is 2.29. The van der Waals surface area contributed by atoms with Gasteiger partial charge in [0, 0.05) is 31.7 Å². The van der Waals surface area contributed by atoms with Crippen molar-refractivity contribution < 1.29 is 0 Å². The van der Waals surface area contributed by atoms with Crippen LogP contribution >= 0.6 is 0 Å². The average Bonchev–Trinajstić information content (AvgIpc) is 2.92. The number of piperazine rings is 1. The monoisotopic (exact) mass is 265 g/mol. The number of piperidine rings is 1. The van der Waals surface area contributed by atoms with Crippen molar-refractivity contribution in [2.24, 2.45) is 5.92 Å². The molecule has 0 spiro atoms. The highest BCUT2D eigenvalue weighted by atomic mass is 15.3. The molecule has 0 aromatic heterocycles. The molecular formula is C16H31N3. The van der Waals surface area contributed by atoms with Crippen LogP contribution in [0, 0.1) is 5.92 Å². The molecule has 0 bridgehead atoms. The Bertz CT molecular complexity index is 281. The molecule has 3 rings (SSSR count). The summed E-state index contributed by atoms with van der Waals surface area (Å²) < 4.78 is 0. The highest BCUT2D eigenvalue weighted by Gasteiger charge is 2.30. The van der Waals surface area contributed by atoms with Crippen molar-refractivity contribution in [1.82, 2.24) is 15.1 Å². The van der Waals surface area contributed by atoms with Crippen molar-refractivity contribution in [3.05, 3.63) is 0 Å². The number of hydrogen-bond acceptors (Lipinski definition) is 3. The fourth-order valence-electron chi connectivity index (χ4n) is 4.53. The number of nitrogens with one attached hydrogen (secondary N) is 1. The molecule has 1 aliphatic carbocycles. The molecule has 0 radical (unpaired) electrons. The SMILES string of the molecule is CNC1CCCC1CCN1CCN2CCCCC2C1. The van der Waals surface area contributed by atoms with Crippen LogP contribution < -0.4 is 5.32 Å². The van der Waals surface area contributed by atoms with E-state index in [1.165, 1.54) is 77.7 Å². The van der Waals surface area contributed by atoms with Crippen LogP contribution in [0.15, 0.2) is 0 Å². The molecule has 3 heteroatoms. The molecule has 19 heavy (non-hydrogen) atoms. The predicted molar refractivity (Wildman–Crippen MR) is 80.5 cm³/mol. The van der Waals surface area contributed by atoms with Crippen LogP contribution in [-0.2, 0) is 0 Å². The van der Waals surface area contributed by atoms with E-state index in [1.54, 1.807) is 0 Å². The van der Waals surface area contributed by atoms with Crippen molar-refractivity contribution in [3.8, 4) is 0 Å². The van der Waals surface area contributed by atoms with E-state index < -0.39 is 0 Å². The van der Waals surface area contributed by atoms with E-state index in [-0.39, 0.29) is 0 Å². The Kier molecular flexibility index (Phi) is 4.78. The summed E-state index contributed by atoms with van der Waals surface area (Å²) in [6.07, 6.45) is 10.0. The summed E-state index contributed by atoms with van der Waals surface area (Å²) in [6, 6.07) is 1.68. The van der Waals surface area contributed by atoms with Gasteiger partial charge in [0.05, 0.1) is 0 Å². The molecule has 0 aromatic rings. The maximum absolute atomic E-state index is 3.52. The Labute approximate surface area is 118 Å². The summed E-state index contributed by atoms with van der Waals surface area (Å²) in [6.45, 7) is 6.69. The van der Waals surface area contributed by atoms with Crippen molar-refractivity contribution in [1.29, 1.82) is 0 Å². The van der Waals surface area contributed by atoms with Gasteiger partial charge in [-0.2, -0.15) is 0 Å². The molecule has 0 amide bonds. The van der Waals surface area contributed by atoms with E-state index in [4.69, 9.17) is 0 Å². The van der Waals surface area contributed by atoms with Gasteiger partial charge >= 0.3 is 0 Å². The second-order valence-corrected chi connectivity index (χ2v) is 6.86. The topological polar surface area (TPSA) is 18.5 Å². The average molecular weight is 265 g/mol. The van der Waals surface area contributed by atoms with Crippen LogP contribution in [0.4, 0.5) is 0 Å². The number of nitrogens with zero attached hydrogens (tertiary/aromatic N) is 2. The van der Waals surface area contributed by atoms with E-state index >= 15 is 0 Å². The second kappa shape index (κ2) is 6.55. The lowest BCUT2D eigenvalue weighted by Crippen LogP contribution is -2.55. The summed E-state index contributed by atoms with van der Waals surface area (Å²) >= 11 is 0. The Hall–Kier alpha value is -0.120. The summed E-state index contributed by atoms with van der Waals surface area (Å²) in [5, 5.41) is 3.52. The number of fused-ring (bicyclic) bond motifs is 1. The van der Waals surface area contributed by atoms with E-state index in [9.17, 15) is 0 Å². The Morgan fingerprint density at radius 3 is 2.84 bits per heavy atom. The zero-order valence-corrected chi connectivity index (χ0v) is 12.6. The maximum atomic E-state index is 3.52. The fourth-order valence-corrected chi connectivity index (χ4v) is 4.53. The van der Waals surface area contributed by atoms with E-state index in [0.29, 0.717) is 0 Å². The maximum Gasteiger partial charge on any atom is 0.0223 e. The second-order valence-electron chi connectivity index (χ2n) is 6.86. The Morgan fingerprint density at radius 1 is 1.00 bits per heavy atom. The van der Waals surface area contributed by atoms with Gasteiger partial charge in [0.2, 0.25) is 0 Å². The van der Waals surface area contributed by atoms with E-state index in [1.807, 2.05) is 0 Å². The quantitative estimate of drug-likeness (QED) is 0.838. The Balaban J connectivity index is 1.43. The molecule has 3 unspecified atom stereocenters. The third-order valence-corrected chi connectivity index (χ3v) is 5.77. The zero-order valence-electron chi connectivity index (χ0n) is 12.6. The summed E-state index contributed by atoms with van der Waals surface area (Å²) in [5.74, 6) is 0.939. The fraction of sp³-hybridized carbons (Fsp3) is 1.00. The molecule has 3 fully saturated rings. The standard InChI is InChI=1S/C16H31N3/c1-17-16-7-4-5-14(16)8-10-18-11-12-19-9-3-2-6-15(19)13-18/h14-17H,2-13H2,1H3. The Morgan fingerprint density at radius 2 is 1.95 bits per heavy atom. The van der Waals surface area contributed by atoms with Gasteiger partial charge in [-0.25, -0.2) is 0 Å². The van der Waals surface area contributed by atoms with Gasteiger partial charge in [0.25, 0.3) is 0 Å². The zero-order chi connectivity index (χ0) is 13.1. The molecule has 3 aliphatic rings. The van der Waals surface area contributed by atoms with Gasteiger partial charge in [-0.1, -0.05) is 12.8 Å². The summed E-state index contributed by atoms with van der Waals surface area (Å²) in [5.41, 5.74) is 0. The van der Waals surface area contributed by atoms with Crippen molar-refractivity contribution in [3.63, 3.8) is 0 Å². The minimum atomic E-state index is 0.802. The normalized spacial score (nSPS) is 37.4. The lowest BCUT2D eigenvalue weighted by molar-refractivity contribution is 0.0463. The van der Waals surface area contributed by atoms with Crippen molar-refractivity contribution in [2.75, 3.05) is 39.8 Å². The smallest absolute Gasteiger partial charge is 0.0223 e. The largest absolute Gasteiger partial charge is 0.317 e. The highest BCUT2D eigenvalue weighted by molar-refractivity contribution is 4.87. The molecule has 0 aromatic carbocycles. The van der Waals surface area contributed by atoms with Gasteiger partial charge < -0.3 is 10.2 Å². The molecule has 110 valence electrons. The van der Waals surface area contributed by atoms with Crippen LogP contribution in [0.5, 0.6) is 0 Å². The predicted octanol–water partition coefficient (Wildman–Crippen LogP) is 1.93. The van der Waals surface area contributed by atoms with Gasteiger partial charge in [-0.3, -0.25) is 4.90 Å². The lowest BCUT2D eigenvalue weighted by Gasteiger charge is -2.44. The lowest BCUT2D eigenvalue weighted by atomic mass is 9.97. The van der Waals surface area contributed by atoms with Crippen molar-refractivity contribution >= 4 is 0 Å². The van der Waals surface area contributed by atoms with Crippen molar-refractivity contribution in [2.45, 2.75) is 57.0 Å². The van der Waals surface area contributed by atoms with Gasteiger partial charge in [-0.05, 0) is 58.2 Å². The first kappa shape index (κ1) is 13.8. The molecule has 3 nitrogen and oxygen atoms in total. The van der Waals surface area contributed by atoms with Crippen LogP contribution in [0.1, 0.15) is 44.9 Å². The van der Waals surface area contributed by atoms with Gasteiger partial charge in [0.15, 0.2) is 0 Å². The van der Waals surface area contributed by atoms with Gasteiger partial charge in [-0.15, -0.1) is 0 Å². The number of hydrogen-bond donors (Lipinski definition) is 1. The first-order valence-corrected chi connectivity index (χ1v) is 8.50. The van der Waals surface area contributed by atoms with Crippen LogP contribution in [0.25, 0.3) is 0 Å². The van der Waals surface area contributed by atoms with Crippen LogP contribution in [0.2, 0.25) is 0 Å². The molecule has 1 N–H and O–H groups in total. The molecule has 2 saturated heterocycles. The molecule has 2 heterocycles. The molecule has 1 saturated carbocycles. The first-order valence-electron chi connectivity index (χ1n) is 8.50. The minimum absolute atomic E-state index is 0.802. The van der Waals surface area contributed by atoms with Crippen LogP contribution in [-0.4, -0.2) is 61.7 Å². The molecular weight excluding hydrogens is 234 g/mol. The third-order valence-electron chi connectivity index (χ3n) is 5.77. The number of rotatable bonds is 4. The van der Waals surface area contributed by atoms with Crippen LogP contribution in [0.3, 0.4) is 0 Å². The summed E-state index contributed by atoms with van der Waals surface area (Å²) in [4.78, 5) is 5.49. The van der Waals surface area contributed by atoms with Gasteiger partial charge in [0.1, 0.15) is 0 Å². The summed E-state index contributed by atoms with van der Waals surface area (Å²) in [7, 11) is 2.14. The minimum Gasteiger partial charge on any atom is -0.317 e. The van der Waals surface area contributed by atoms with E-state index in [0.717, 1.165) is 18.0 Å². The molecule has 2 aliphatic heterocycles. The van der Waals surface area contributed by atoms with E-state index in [2.05, 4.69) is 22.2 Å².